The van der Waals surface area contributed by atoms with Crippen molar-refractivity contribution in [3.63, 3.8) is 0 Å². The predicted molar refractivity (Wildman–Crippen MR) is 47.9 cm³/mol. The summed E-state index contributed by atoms with van der Waals surface area (Å²) in [4.78, 5) is 2.26. The van der Waals surface area contributed by atoms with E-state index >= 15 is 0 Å². The van der Waals surface area contributed by atoms with Gasteiger partial charge in [-0.15, -0.1) is 0 Å². The lowest BCUT2D eigenvalue weighted by Gasteiger charge is -2.19. The van der Waals surface area contributed by atoms with E-state index in [9.17, 15) is 0 Å². The third-order valence-corrected chi connectivity index (χ3v) is 1.90. The van der Waals surface area contributed by atoms with Crippen LogP contribution < -0.4 is 0 Å². The summed E-state index contributed by atoms with van der Waals surface area (Å²) in [7, 11) is 2.11. The van der Waals surface area contributed by atoms with Crippen LogP contribution in [-0.4, -0.2) is 23.6 Å². The van der Waals surface area contributed by atoms with E-state index in [1.54, 1.807) is 6.26 Å². The molecular formula is C9H16N2O. The fraction of sp³-hybridized carbons (Fsp3) is 0.667. The van der Waals surface area contributed by atoms with Crippen molar-refractivity contribution in [2.24, 2.45) is 0 Å². The molecule has 1 aliphatic rings. The van der Waals surface area contributed by atoms with Gasteiger partial charge in [0.25, 0.3) is 0 Å². The van der Waals surface area contributed by atoms with Gasteiger partial charge in [0.1, 0.15) is 6.26 Å². The number of aromatic nitrogens is 1. The molecule has 2 heterocycles. The molecule has 0 atom stereocenters. The zero-order valence-electron chi connectivity index (χ0n) is 8.00. The molecule has 3 nitrogen and oxygen atoms in total. The zero-order chi connectivity index (χ0) is 8.97. The summed E-state index contributed by atoms with van der Waals surface area (Å²) in [6.45, 7) is 6.08. The highest BCUT2D eigenvalue weighted by Crippen LogP contribution is 2.14. The van der Waals surface area contributed by atoms with E-state index < -0.39 is 0 Å². The van der Waals surface area contributed by atoms with Crippen molar-refractivity contribution in [2.45, 2.75) is 26.8 Å². The molecule has 0 unspecified atom stereocenters. The number of nitrogens with zero attached hydrogens (tertiary/aromatic N) is 2. The van der Waals surface area contributed by atoms with Gasteiger partial charge in [-0.3, -0.25) is 0 Å². The van der Waals surface area contributed by atoms with Gasteiger partial charge >= 0.3 is 0 Å². The second-order valence-electron chi connectivity index (χ2n) is 2.77. The SMILES string of the molecule is CC.CN1CCc2nocc2C1. The van der Waals surface area contributed by atoms with E-state index in [-0.39, 0.29) is 0 Å². The van der Waals surface area contributed by atoms with Crippen LogP contribution in [0.15, 0.2) is 10.8 Å². The summed E-state index contributed by atoms with van der Waals surface area (Å²) < 4.78 is 4.84. The second kappa shape index (κ2) is 4.26. The van der Waals surface area contributed by atoms with E-state index in [2.05, 4.69) is 17.1 Å². The van der Waals surface area contributed by atoms with Crippen LogP contribution in [0.4, 0.5) is 0 Å². The number of fused-ring (bicyclic) bond motifs is 1. The van der Waals surface area contributed by atoms with Crippen molar-refractivity contribution < 1.29 is 4.52 Å². The first-order chi connectivity index (χ1) is 5.86. The molecule has 0 aliphatic carbocycles. The second-order valence-corrected chi connectivity index (χ2v) is 2.77. The summed E-state index contributed by atoms with van der Waals surface area (Å²) in [5.41, 5.74) is 2.38. The van der Waals surface area contributed by atoms with Gasteiger partial charge in [0.2, 0.25) is 0 Å². The number of hydrogen-bond acceptors (Lipinski definition) is 3. The highest BCUT2D eigenvalue weighted by Gasteiger charge is 2.15. The summed E-state index contributed by atoms with van der Waals surface area (Å²) in [5.74, 6) is 0. The molecule has 0 saturated heterocycles. The number of likely N-dealkylation sites (N-methyl/N-ethyl adjacent to an activating group) is 1. The number of hydrogen-bond donors (Lipinski definition) is 0. The Balaban J connectivity index is 0.000000336. The molecule has 0 aromatic carbocycles. The van der Waals surface area contributed by atoms with Crippen LogP contribution in [0.25, 0.3) is 0 Å². The zero-order valence-corrected chi connectivity index (χ0v) is 8.00. The highest BCUT2D eigenvalue weighted by molar-refractivity contribution is 5.16. The molecule has 1 aliphatic heterocycles. The molecule has 2 rings (SSSR count). The van der Waals surface area contributed by atoms with Crippen LogP contribution in [0.3, 0.4) is 0 Å². The van der Waals surface area contributed by atoms with Gasteiger partial charge in [-0.05, 0) is 7.05 Å². The highest BCUT2D eigenvalue weighted by atomic mass is 16.5. The van der Waals surface area contributed by atoms with E-state index in [0.717, 1.165) is 25.2 Å². The lowest BCUT2D eigenvalue weighted by Crippen LogP contribution is -2.25. The molecule has 12 heavy (non-hydrogen) atoms. The third-order valence-electron chi connectivity index (χ3n) is 1.90. The molecule has 0 spiro atoms. The molecule has 0 N–H and O–H groups in total. The average Bonchev–Trinajstić information content (AvgIpc) is 2.54. The van der Waals surface area contributed by atoms with E-state index in [1.165, 1.54) is 5.56 Å². The van der Waals surface area contributed by atoms with E-state index in [1.807, 2.05) is 13.8 Å². The Morgan fingerprint density at radius 2 is 2.25 bits per heavy atom. The fourth-order valence-corrected chi connectivity index (χ4v) is 1.28. The molecule has 68 valence electrons. The van der Waals surface area contributed by atoms with Gasteiger partial charge in [-0.1, -0.05) is 19.0 Å². The van der Waals surface area contributed by atoms with E-state index in [0.29, 0.717) is 0 Å². The minimum atomic E-state index is 0.985. The Hall–Kier alpha value is -0.830. The average molecular weight is 168 g/mol. The van der Waals surface area contributed by atoms with Crippen LogP contribution in [0.5, 0.6) is 0 Å². The molecule has 3 heteroatoms. The predicted octanol–water partition coefficient (Wildman–Crippen LogP) is 1.69. The summed E-state index contributed by atoms with van der Waals surface area (Å²) >= 11 is 0. The van der Waals surface area contributed by atoms with Gasteiger partial charge in [0.15, 0.2) is 0 Å². The maximum atomic E-state index is 4.84. The summed E-state index contributed by atoms with van der Waals surface area (Å²) in [5, 5.41) is 3.89. The van der Waals surface area contributed by atoms with Crippen molar-refractivity contribution in [2.75, 3.05) is 13.6 Å². The summed E-state index contributed by atoms with van der Waals surface area (Å²) in [6, 6.07) is 0. The van der Waals surface area contributed by atoms with Crippen LogP contribution in [0.2, 0.25) is 0 Å². The Bertz CT molecular complexity index is 232. The molecule has 0 amide bonds. The number of rotatable bonds is 0. The maximum absolute atomic E-state index is 4.84. The van der Waals surface area contributed by atoms with Crippen molar-refractivity contribution in [1.82, 2.24) is 10.1 Å². The summed E-state index contributed by atoms with van der Waals surface area (Å²) in [6.07, 6.45) is 2.77. The van der Waals surface area contributed by atoms with Crippen LogP contribution >= 0.6 is 0 Å². The lowest BCUT2D eigenvalue weighted by atomic mass is 10.1. The normalized spacial score (nSPS) is 16.2. The largest absolute Gasteiger partial charge is 0.364 e. The Kier molecular flexibility index (Phi) is 3.29. The molecular weight excluding hydrogens is 152 g/mol. The minimum Gasteiger partial charge on any atom is -0.364 e. The first-order valence-corrected chi connectivity index (χ1v) is 4.47. The van der Waals surface area contributed by atoms with Gasteiger partial charge in [0, 0.05) is 25.1 Å². The Morgan fingerprint density at radius 1 is 1.50 bits per heavy atom. The monoisotopic (exact) mass is 168 g/mol. The Morgan fingerprint density at radius 3 is 3.00 bits per heavy atom. The minimum absolute atomic E-state index is 0.985. The first kappa shape index (κ1) is 9.26. The molecule has 0 fully saturated rings. The van der Waals surface area contributed by atoms with Crippen molar-refractivity contribution in [3.8, 4) is 0 Å². The molecule has 1 aromatic heterocycles. The standard InChI is InChI=1S/C7H10N2O.C2H6/c1-9-3-2-7-6(4-9)5-10-8-7;1-2/h5H,2-4H2,1H3;1-2H3. The third kappa shape index (κ3) is 1.85. The smallest absolute Gasteiger partial charge is 0.128 e. The lowest BCUT2D eigenvalue weighted by molar-refractivity contribution is 0.311. The maximum Gasteiger partial charge on any atom is 0.128 e. The van der Waals surface area contributed by atoms with E-state index in [4.69, 9.17) is 4.52 Å². The molecule has 0 saturated carbocycles. The van der Waals surface area contributed by atoms with Gasteiger partial charge < -0.3 is 9.42 Å². The topological polar surface area (TPSA) is 29.3 Å². The van der Waals surface area contributed by atoms with Gasteiger partial charge in [0.05, 0.1) is 5.69 Å². The Labute approximate surface area is 73.3 Å². The molecule has 0 radical (unpaired) electrons. The van der Waals surface area contributed by atoms with Crippen LogP contribution in [-0.2, 0) is 13.0 Å². The van der Waals surface area contributed by atoms with Crippen molar-refractivity contribution in [3.05, 3.63) is 17.5 Å². The molecule has 0 bridgehead atoms. The fourth-order valence-electron chi connectivity index (χ4n) is 1.28. The van der Waals surface area contributed by atoms with Crippen LogP contribution in [0.1, 0.15) is 25.1 Å². The van der Waals surface area contributed by atoms with Gasteiger partial charge in [-0.25, -0.2) is 0 Å². The molecule has 1 aromatic rings. The van der Waals surface area contributed by atoms with Crippen molar-refractivity contribution >= 4 is 0 Å². The van der Waals surface area contributed by atoms with Crippen molar-refractivity contribution in [1.29, 1.82) is 0 Å². The van der Waals surface area contributed by atoms with Crippen LogP contribution in [0, 0.1) is 0 Å². The quantitative estimate of drug-likeness (QED) is 0.590. The van der Waals surface area contributed by atoms with Gasteiger partial charge in [-0.2, -0.15) is 0 Å². The first-order valence-electron chi connectivity index (χ1n) is 4.47.